The summed E-state index contributed by atoms with van der Waals surface area (Å²) in [6.45, 7) is 19.1. The smallest absolute Gasteiger partial charge is 0.410 e. The molecule has 1 fully saturated rings. The molecule has 0 radical (unpaired) electrons. The van der Waals surface area contributed by atoms with Crippen molar-refractivity contribution >= 4 is 20.3 Å². The molecule has 0 bridgehead atoms. The summed E-state index contributed by atoms with van der Waals surface area (Å²) >= 11 is 0. The molecule has 3 atom stereocenters. The van der Waals surface area contributed by atoms with Gasteiger partial charge in [0, 0.05) is 44.5 Å². The lowest BCUT2D eigenvalue weighted by molar-refractivity contribution is -0.00239. The highest BCUT2D eigenvalue weighted by Crippen LogP contribution is 2.44. The van der Waals surface area contributed by atoms with Crippen LogP contribution in [-0.4, -0.2) is 70.0 Å². The molecule has 3 unspecified atom stereocenters. The number of hydrogen-bond acceptors (Lipinski definition) is 8. The number of carbonyl (C=O) groups is 2. The fourth-order valence-corrected chi connectivity index (χ4v) is 7.52. The van der Waals surface area contributed by atoms with E-state index in [1.54, 1.807) is 31.3 Å². The average molecular weight is 712 g/mol. The zero-order valence-corrected chi connectivity index (χ0v) is 32.8. The molecule has 10 nitrogen and oxygen atoms in total. The monoisotopic (exact) mass is 711 g/mol. The van der Waals surface area contributed by atoms with Crippen molar-refractivity contribution in [1.82, 2.24) is 25.0 Å². The van der Waals surface area contributed by atoms with Crippen LogP contribution < -0.4 is 0 Å². The number of likely N-dealkylation sites (tertiary alicyclic amines) is 1. The van der Waals surface area contributed by atoms with Gasteiger partial charge in [-0.1, -0.05) is 63.2 Å². The van der Waals surface area contributed by atoms with E-state index in [9.17, 15) is 9.59 Å². The van der Waals surface area contributed by atoms with Gasteiger partial charge in [0.1, 0.15) is 5.60 Å². The summed E-state index contributed by atoms with van der Waals surface area (Å²) in [5, 5.41) is 7.96. The predicted molar refractivity (Wildman–Crippen MR) is 201 cm³/mol. The zero-order valence-electron chi connectivity index (χ0n) is 31.8. The van der Waals surface area contributed by atoms with E-state index in [0.717, 1.165) is 29.5 Å². The lowest BCUT2D eigenvalue weighted by Gasteiger charge is -2.43. The Bertz CT molecular complexity index is 1800. The molecule has 3 heterocycles. The van der Waals surface area contributed by atoms with Crippen molar-refractivity contribution in [3.63, 3.8) is 0 Å². The number of ether oxygens (including phenoxy) is 1. The minimum atomic E-state index is -2.22. The van der Waals surface area contributed by atoms with Gasteiger partial charge in [0.25, 0.3) is 5.91 Å². The van der Waals surface area contributed by atoms with Gasteiger partial charge in [-0.2, -0.15) is 0 Å². The molecule has 1 saturated heterocycles. The third kappa shape index (κ3) is 9.31. The minimum Gasteiger partial charge on any atom is -0.444 e. The van der Waals surface area contributed by atoms with Crippen LogP contribution in [0.1, 0.15) is 93.4 Å². The summed E-state index contributed by atoms with van der Waals surface area (Å²) in [6.07, 6.45) is 5.02. The first kappa shape index (κ1) is 37.9. The van der Waals surface area contributed by atoms with Gasteiger partial charge >= 0.3 is 6.09 Å². The summed E-state index contributed by atoms with van der Waals surface area (Å²) in [5.74, 6) is 0.762. The fourth-order valence-electron chi connectivity index (χ4n) is 6.24. The summed E-state index contributed by atoms with van der Waals surface area (Å²) in [4.78, 5) is 35.4. The van der Waals surface area contributed by atoms with E-state index in [1.165, 1.54) is 0 Å². The largest absolute Gasteiger partial charge is 0.444 e. The van der Waals surface area contributed by atoms with Crippen molar-refractivity contribution in [2.75, 3.05) is 7.05 Å². The molecule has 0 aliphatic carbocycles. The molecule has 4 aromatic rings. The number of hydrogen-bond donors (Lipinski definition) is 0. The van der Waals surface area contributed by atoms with Crippen LogP contribution in [0.25, 0.3) is 11.5 Å². The van der Waals surface area contributed by atoms with Crippen LogP contribution in [0.4, 0.5) is 4.79 Å². The standard InChI is InChI=1S/C40H53N5O5Si/c1-27-42-43-36(48-27)32-22-29(24-41-25-32)26-44(8)37(46)31-18-16-28(17-19-31)23-33-20-21-34(45(33)38(47)49-39(2,3)4)35(30-14-12-11-13-15-30)50-51(9,10)40(5,6)7/h11-19,22,24-25,33-35H,20-21,23,26H2,1-10H3. The van der Waals surface area contributed by atoms with Gasteiger partial charge in [0.15, 0.2) is 8.32 Å². The number of aryl methyl sites for hydroxylation is 1. The van der Waals surface area contributed by atoms with Crippen molar-refractivity contribution in [1.29, 1.82) is 0 Å². The van der Waals surface area contributed by atoms with E-state index in [4.69, 9.17) is 13.6 Å². The van der Waals surface area contributed by atoms with E-state index >= 15 is 0 Å². The zero-order chi connectivity index (χ0) is 37.1. The average Bonchev–Trinajstić information content (AvgIpc) is 3.69. The SMILES string of the molecule is Cc1nnc(-c2cncc(CN(C)C(=O)c3ccc(CC4CCC(C(O[Si](C)(C)C(C)(C)C)c5ccccc5)N4C(=O)OC(C)(C)C)cc3)c2)o1. The van der Waals surface area contributed by atoms with Crippen LogP contribution in [0.5, 0.6) is 0 Å². The van der Waals surface area contributed by atoms with Crippen molar-refractivity contribution < 1.29 is 23.2 Å². The maximum absolute atomic E-state index is 14.0. The normalized spacial score (nSPS) is 17.3. The molecule has 1 aliphatic rings. The molecule has 2 amide bonds. The molecule has 0 saturated carbocycles. The van der Waals surface area contributed by atoms with Crippen LogP contribution >= 0.6 is 0 Å². The highest BCUT2D eigenvalue weighted by atomic mass is 28.4. The molecule has 1 aliphatic heterocycles. The Morgan fingerprint density at radius 2 is 1.65 bits per heavy atom. The number of carbonyl (C=O) groups excluding carboxylic acids is 2. The molecular weight excluding hydrogens is 659 g/mol. The van der Waals surface area contributed by atoms with Crippen LogP contribution in [0.3, 0.4) is 0 Å². The second kappa shape index (κ2) is 15.1. The lowest BCUT2D eigenvalue weighted by Crippen LogP contribution is -2.50. The van der Waals surface area contributed by atoms with E-state index < -0.39 is 13.9 Å². The third-order valence-electron chi connectivity index (χ3n) is 9.86. The third-order valence-corrected chi connectivity index (χ3v) is 14.3. The molecule has 0 spiro atoms. The minimum absolute atomic E-state index is 0.00268. The first-order valence-electron chi connectivity index (χ1n) is 17.7. The summed E-state index contributed by atoms with van der Waals surface area (Å²) in [5.41, 5.74) is 3.60. The van der Waals surface area contributed by atoms with Gasteiger partial charge in [0.2, 0.25) is 11.8 Å². The summed E-state index contributed by atoms with van der Waals surface area (Å²) in [6, 6.07) is 19.6. The Kier molecular flexibility index (Phi) is 11.2. The lowest BCUT2D eigenvalue weighted by atomic mass is 10.0. The van der Waals surface area contributed by atoms with Gasteiger partial charge in [-0.3, -0.25) is 14.7 Å². The second-order valence-electron chi connectivity index (χ2n) is 16.2. The molecule has 2 aromatic heterocycles. The van der Waals surface area contributed by atoms with Crippen molar-refractivity contribution in [3.8, 4) is 11.5 Å². The van der Waals surface area contributed by atoms with Crippen LogP contribution in [-0.2, 0) is 22.1 Å². The molecule has 0 N–H and O–H groups in total. The number of nitrogens with zero attached hydrogens (tertiary/aromatic N) is 5. The Hall–Kier alpha value is -4.35. The molecular formula is C40H53N5O5Si. The van der Waals surface area contributed by atoms with Crippen LogP contribution in [0.2, 0.25) is 18.1 Å². The number of aromatic nitrogens is 3. The van der Waals surface area contributed by atoms with E-state index in [1.807, 2.05) is 74.2 Å². The fraction of sp³-hybridized carbons (Fsp3) is 0.475. The van der Waals surface area contributed by atoms with Gasteiger partial charge in [-0.05, 0) is 93.1 Å². The predicted octanol–water partition coefficient (Wildman–Crippen LogP) is 8.79. The molecule has 5 rings (SSSR count). The van der Waals surface area contributed by atoms with Gasteiger partial charge in [-0.25, -0.2) is 4.79 Å². The van der Waals surface area contributed by atoms with Crippen molar-refractivity contribution in [3.05, 3.63) is 101 Å². The van der Waals surface area contributed by atoms with Crippen LogP contribution in [0, 0.1) is 6.92 Å². The Labute approximate surface area is 303 Å². The number of benzene rings is 2. The van der Waals surface area contributed by atoms with Gasteiger partial charge in [0.05, 0.1) is 17.7 Å². The second-order valence-corrected chi connectivity index (χ2v) is 20.9. The summed E-state index contributed by atoms with van der Waals surface area (Å²) < 4.78 is 18.7. The maximum Gasteiger partial charge on any atom is 0.410 e. The first-order valence-corrected chi connectivity index (χ1v) is 20.7. The van der Waals surface area contributed by atoms with Crippen molar-refractivity contribution in [2.45, 2.75) is 116 Å². The van der Waals surface area contributed by atoms with Crippen molar-refractivity contribution in [2.24, 2.45) is 0 Å². The number of amides is 2. The van der Waals surface area contributed by atoms with E-state index in [2.05, 4.69) is 61.2 Å². The molecule has 272 valence electrons. The molecule has 2 aromatic carbocycles. The number of rotatable bonds is 10. The van der Waals surface area contributed by atoms with Gasteiger partial charge in [-0.15, -0.1) is 10.2 Å². The molecule has 11 heteroatoms. The van der Waals surface area contributed by atoms with Gasteiger partial charge < -0.3 is 18.5 Å². The highest BCUT2D eigenvalue weighted by Gasteiger charge is 2.47. The Balaban J connectivity index is 1.34. The summed E-state index contributed by atoms with van der Waals surface area (Å²) in [7, 11) is -0.452. The Morgan fingerprint density at radius 3 is 2.25 bits per heavy atom. The highest BCUT2D eigenvalue weighted by molar-refractivity contribution is 6.74. The first-order chi connectivity index (χ1) is 23.9. The van der Waals surface area contributed by atoms with Crippen LogP contribution in [0.15, 0.2) is 77.5 Å². The van der Waals surface area contributed by atoms with E-state index in [0.29, 0.717) is 35.9 Å². The maximum atomic E-state index is 14.0. The quantitative estimate of drug-likeness (QED) is 0.150. The Morgan fingerprint density at radius 1 is 0.961 bits per heavy atom. The topological polar surface area (TPSA) is 111 Å². The number of pyridine rings is 1. The molecule has 51 heavy (non-hydrogen) atoms. The van der Waals surface area contributed by atoms with E-state index in [-0.39, 0.29) is 35.2 Å².